The second-order valence-electron chi connectivity index (χ2n) is 10.5. The first-order valence-corrected chi connectivity index (χ1v) is 11.7. The van der Waals surface area contributed by atoms with E-state index in [1.807, 2.05) is 18.2 Å². The molecule has 6 heteroatoms. The fraction of sp³-hybridized carbons (Fsp3) is 0.556. The molecule has 0 bridgehead atoms. The number of hydrogen-bond donors (Lipinski definition) is 1. The average molecular weight is 458 g/mol. The summed E-state index contributed by atoms with van der Waals surface area (Å²) in [5, 5.41) is 0. The Morgan fingerprint density at radius 1 is 0.727 bits per heavy atom. The molecule has 0 saturated carbocycles. The Labute approximate surface area is 198 Å². The van der Waals surface area contributed by atoms with Crippen molar-refractivity contribution in [1.29, 1.82) is 0 Å². The van der Waals surface area contributed by atoms with Gasteiger partial charge in [-0.05, 0) is 46.2 Å². The lowest BCUT2D eigenvalue weighted by atomic mass is 9.87. The molecule has 0 aromatic heterocycles. The summed E-state index contributed by atoms with van der Waals surface area (Å²) in [5.74, 6) is 2.81. The zero-order valence-corrected chi connectivity index (χ0v) is 20.9. The van der Waals surface area contributed by atoms with Crippen molar-refractivity contribution in [3.8, 4) is 23.0 Å². The summed E-state index contributed by atoms with van der Waals surface area (Å²) in [5.41, 5.74) is 8.04. The highest BCUT2D eigenvalue weighted by molar-refractivity contribution is 5.46. The Kier molecular flexibility index (Phi) is 8.14. The number of benzene rings is 2. The molecule has 0 radical (unpaired) electrons. The maximum atomic E-state index is 6.17. The summed E-state index contributed by atoms with van der Waals surface area (Å²) in [4.78, 5) is 0. The molecule has 2 aromatic rings. The Balaban J connectivity index is 1.85. The Hall–Kier alpha value is -2.44. The van der Waals surface area contributed by atoms with Gasteiger partial charge in [-0.25, -0.2) is 0 Å². The molecule has 3 rings (SSSR count). The third kappa shape index (κ3) is 7.02. The molecular formula is C27H39NO5. The molecule has 1 heterocycles. The van der Waals surface area contributed by atoms with Crippen molar-refractivity contribution in [2.45, 2.75) is 64.9 Å². The maximum absolute atomic E-state index is 6.17. The van der Waals surface area contributed by atoms with Gasteiger partial charge in [-0.1, -0.05) is 53.7 Å². The van der Waals surface area contributed by atoms with Gasteiger partial charge < -0.3 is 29.4 Å². The lowest BCUT2D eigenvalue weighted by Gasteiger charge is -2.25. The van der Waals surface area contributed by atoms with Crippen LogP contribution in [0.25, 0.3) is 0 Å². The third-order valence-electron chi connectivity index (χ3n) is 5.60. The van der Waals surface area contributed by atoms with Crippen LogP contribution in [0.4, 0.5) is 0 Å². The summed E-state index contributed by atoms with van der Waals surface area (Å²) >= 11 is 0. The molecule has 0 saturated heterocycles. The molecule has 1 aliphatic heterocycles. The van der Waals surface area contributed by atoms with E-state index >= 15 is 0 Å². The van der Waals surface area contributed by atoms with E-state index in [1.54, 1.807) is 0 Å². The van der Waals surface area contributed by atoms with Crippen LogP contribution in [-0.2, 0) is 15.6 Å². The third-order valence-corrected chi connectivity index (χ3v) is 5.60. The molecule has 33 heavy (non-hydrogen) atoms. The van der Waals surface area contributed by atoms with Crippen molar-refractivity contribution in [1.82, 2.24) is 0 Å². The van der Waals surface area contributed by atoms with Gasteiger partial charge in [0.15, 0.2) is 23.0 Å². The van der Waals surface area contributed by atoms with Crippen LogP contribution < -0.4 is 24.7 Å². The standard InChI is InChI=1S/C27H39NO5/c1-26(2,3)19-9-11-23-24(14-19)30-13-7-12-29-22-10-8-20(27(4,5)6)15-25(22)32-17-21(16-31-23)33-18-28/h8-11,14-15,21H,7,12-13,16-18,28H2,1-6H3. The van der Waals surface area contributed by atoms with Crippen molar-refractivity contribution in [3.63, 3.8) is 0 Å². The second kappa shape index (κ2) is 10.7. The predicted molar refractivity (Wildman–Crippen MR) is 131 cm³/mol. The van der Waals surface area contributed by atoms with E-state index in [9.17, 15) is 0 Å². The first-order valence-electron chi connectivity index (χ1n) is 11.7. The molecule has 1 aliphatic rings. The normalized spacial score (nSPS) is 17.8. The van der Waals surface area contributed by atoms with E-state index in [0.29, 0.717) is 30.5 Å². The molecule has 1 atom stereocenters. The van der Waals surface area contributed by atoms with Crippen molar-refractivity contribution < 1.29 is 23.7 Å². The number of fused-ring (bicyclic) bond motifs is 2. The zero-order valence-electron chi connectivity index (χ0n) is 20.9. The topological polar surface area (TPSA) is 72.2 Å². The highest BCUT2D eigenvalue weighted by Gasteiger charge is 2.21. The minimum Gasteiger partial charge on any atom is -0.490 e. The molecule has 6 nitrogen and oxygen atoms in total. The van der Waals surface area contributed by atoms with E-state index < -0.39 is 0 Å². The fourth-order valence-electron chi connectivity index (χ4n) is 3.48. The van der Waals surface area contributed by atoms with Gasteiger partial charge in [-0.3, -0.25) is 0 Å². The van der Waals surface area contributed by atoms with Crippen LogP contribution in [0.5, 0.6) is 23.0 Å². The first-order chi connectivity index (χ1) is 15.6. The van der Waals surface area contributed by atoms with Crippen LogP contribution in [0.1, 0.15) is 59.1 Å². The van der Waals surface area contributed by atoms with Crippen LogP contribution in [0.15, 0.2) is 36.4 Å². The molecule has 0 fully saturated rings. The van der Waals surface area contributed by atoms with E-state index in [1.165, 1.54) is 11.1 Å². The van der Waals surface area contributed by atoms with E-state index in [-0.39, 0.29) is 36.9 Å². The Bertz CT molecular complexity index is 914. The summed E-state index contributed by atoms with van der Waals surface area (Å²) in [6.07, 6.45) is 0.387. The summed E-state index contributed by atoms with van der Waals surface area (Å²) in [6.45, 7) is 14.7. The predicted octanol–water partition coefficient (Wildman–Crippen LogP) is 5.20. The minimum atomic E-state index is -0.348. The molecule has 0 amide bonds. The quantitative estimate of drug-likeness (QED) is 0.625. The van der Waals surface area contributed by atoms with Crippen molar-refractivity contribution in [2.75, 3.05) is 33.2 Å². The second-order valence-corrected chi connectivity index (χ2v) is 10.5. The SMILES string of the molecule is CC(C)(C)c1ccc2c(c1)OCCCOc1ccc(C(C)(C)C)cc1OCC(OCN)CO2. The monoisotopic (exact) mass is 457 g/mol. The lowest BCUT2D eigenvalue weighted by molar-refractivity contribution is -0.00582. The molecule has 2 N–H and O–H groups in total. The molecule has 0 spiro atoms. The van der Waals surface area contributed by atoms with Gasteiger partial charge >= 0.3 is 0 Å². The summed E-state index contributed by atoms with van der Waals surface area (Å²) in [6, 6.07) is 12.2. The van der Waals surface area contributed by atoms with Gasteiger partial charge in [0, 0.05) is 6.42 Å². The van der Waals surface area contributed by atoms with Gasteiger partial charge in [0.2, 0.25) is 0 Å². The van der Waals surface area contributed by atoms with E-state index in [4.69, 9.17) is 29.4 Å². The average Bonchev–Trinajstić information content (AvgIpc) is 2.74. The molecule has 182 valence electrons. The highest BCUT2D eigenvalue weighted by atomic mass is 16.6. The highest BCUT2D eigenvalue weighted by Crippen LogP contribution is 2.35. The molecule has 0 aliphatic carbocycles. The number of hydrogen-bond acceptors (Lipinski definition) is 6. The van der Waals surface area contributed by atoms with Crippen LogP contribution in [0, 0.1) is 0 Å². The largest absolute Gasteiger partial charge is 0.490 e. The maximum Gasteiger partial charge on any atom is 0.161 e. The van der Waals surface area contributed by atoms with Gasteiger partial charge in [-0.15, -0.1) is 0 Å². The number of ether oxygens (including phenoxy) is 5. The van der Waals surface area contributed by atoms with Crippen molar-refractivity contribution in [3.05, 3.63) is 47.5 Å². The number of nitrogens with two attached hydrogens (primary N) is 1. The van der Waals surface area contributed by atoms with Crippen LogP contribution >= 0.6 is 0 Å². The summed E-state index contributed by atoms with van der Waals surface area (Å²) < 4.78 is 30.2. The first kappa shape index (κ1) is 25.2. The van der Waals surface area contributed by atoms with Crippen LogP contribution in [0.2, 0.25) is 0 Å². The van der Waals surface area contributed by atoms with Gasteiger partial charge in [0.25, 0.3) is 0 Å². The number of rotatable bonds is 2. The van der Waals surface area contributed by atoms with E-state index in [2.05, 4.69) is 59.7 Å². The van der Waals surface area contributed by atoms with E-state index in [0.717, 1.165) is 12.2 Å². The molecular weight excluding hydrogens is 418 g/mol. The molecule has 1 unspecified atom stereocenters. The fourth-order valence-corrected chi connectivity index (χ4v) is 3.48. The lowest BCUT2D eigenvalue weighted by Crippen LogP contribution is -2.31. The van der Waals surface area contributed by atoms with Crippen molar-refractivity contribution >= 4 is 0 Å². The smallest absolute Gasteiger partial charge is 0.161 e. The van der Waals surface area contributed by atoms with Crippen LogP contribution in [-0.4, -0.2) is 39.3 Å². The zero-order chi connectivity index (χ0) is 24.1. The molecule has 2 aromatic carbocycles. The Morgan fingerprint density at radius 2 is 1.18 bits per heavy atom. The van der Waals surface area contributed by atoms with Crippen molar-refractivity contribution in [2.24, 2.45) is 5.73 Å². The van der Waals surface area contributed by atoms with Gasteiger partial charge in [0.05, 0.1) is 19.9 Å². The minimum absolute atomic E-state index is 0.00277. The summed E-state index contributed by atoms with van der Waals surface area (Å²) in [7, 11) is 0. The Morgan fingerprint density at radius 3 is 1.70 bits per heavy atom. The van der Waals surface area contributed by atoms with Crippen LogP contribution in [0.3, 0.4) is 0 Å². The van der Waals surface area contributed by atoms with Gasteiger partial charge in [-0.2, -0.15) is 0 Å². The van der Waals surface area contributed by atoms with Gasteiger partial charge in [0.1, 0.15) is 19.3 Å².